The third kappa shape index (κ3) is 2.37. The van der Waals surface area contributed by atoms with Crippen LogP contribution in [0.5, 0.6) is 0 Å². The van der Waals surface area contributed by atoms with Gasteiger partial charge in [0.1, 0.15) is 18.0 Å². The predicted molar refractivity (Wildman–Crippen MR) is 69.8 cm³/mol. The van der Waals surface area contributed by atoms with E-state index in [2.05, 4.69) is 4.98 Å². The SMILES string of the molecule is CC(N)C(c1cccc(F)c1)n1cnc(C#N)c1C#N. The summed E-state index contributed by atoms with van der Waals surface area (Å²) in [4.78, 5) is 3.89. The van der Waals surface area contributed by atoms with Gasteiger partial charge in [-0.15, -0.1) is 0 Å². The van der Waals surface area contributed by atoms with Gasteiger partial charge < -0.3 is 10.3 Å². The summed E-state index contributed by atoms with van der Waals surface area (Å²) < 4.78 is 14.9. The molecule has 1 aromatic carbocycles. The zero-order valence-corrected chi connectivity index (χ0v) is 10.8. The molecule has 5 nitrogen and oxygen atoms in total. The van der Waals surface area contributed by atoms with Crippen molar-refractivity contribution in [2.75, 3.05) is 0 Å². The van der Waals surface area contributed by atoms with Crippen molar-refractivity contribution in [2.45, 2.75) is 19.0 Å². The van der Waals surface area contributed by atoms with Crippen LogP contribution in [0.1, 0.15) is 29.9 Å². The molecule has 100 valence electrons. The second kappa shape index (κ2) is 5.52. The molecule has 0 fully saturated rings. The normalized spacial score (nSPS) is 13.2. The van der Waals surface area contributed by atoms with Crippen molar-refractivity contribution < 1.29 is 4.39 Å². The molecular formula is C14H12FN5. The van der Waals surface area contributed by atoms with Crippen LogP contribution in [0.4, 0.5) is 4.39 Å². The molecule has 0 bridgehead atoms. The second-order valence-corrected chi connectivity index (χ2v) is 4.43. The van der Waals surface area contributed by atoms with Crippen molar-refractivity contribution >= 4 is 0 Å². The van der Waals surface area contributed by atoms with Crippen LogP contribution in [-0.2, 0) is 0 Å². The fraction of sp³-hybridized carbons (Fsp3) is 0.214. The van der Waals surface area contributed by atoms with E-state index in [9.17, 15) is 9.65 Å². The summed E-state index contributed by atoms with van der Waals surface area (Å²) in [6.45, 7) is 1.75. The fourth-order valence-electron chi connectivity index (χ4n) is 2.17. The first kappa shape index (κ1) is 13.7. The Hall–Kier alpha value is -2.70. The Morgan fingerprint density at radius 3 is 2.65 bits per heavy atom. The average molecular weight is 269 g/mol. The quantitative estimate of drug-likeness (QED) is 0.918. The molecule has 2 aromatic rings. The first-order chi connectivity index (χ1) is 9.58. The predicted octanol–water partition coefficient (Wildman–Crippen LogP) is 1.70. The number of hydrogen-bond donors (Lipinski definition) is 1. The Morgan fingerprint density at radius 2 is 2.10 bits per heavy atom. The third-order valence-electron chi connectivity index (χ3n) is 2.99. The van der Waals surface area contributed by atoms with E-state index in [1.807, 2.05) is 12.1 Å². The van der Waals surface area contributed by atoms with Gasteiger partial charge in [0.15, 0.2) is 11.4 Å². The molecule has 0 amide bonds. The average Bonchev–Trinajstić information content (AvgIpc) is 2.81. The van der Waals surface area contributed by atoms with Crippen LogP contribution in [-0.4, -0.2) is 15.6 Å². The maximum atomic E-state index is 13.4. The van der Waals surface area contributed by atoms with Gasteiger partial charge in [-0.2, -0.15) is 10.5 Å². The molecule has 2 unspecified atom stereocenters. The van der Waals surface area contributed by atoms with E-state index in [1.165, 1.54) is 23.0 Å². The Morgan fingerprint density at radius 1 is 1.35 bits per heavy atom. The molecule has 1 heterocycles. The number of nitrogens with two attached hydrogens (primary N) is 1. The van der Waals surface area contributed by atoms with Crippen LogP contribution in [0.15, 0.2) is 30.6 Å². The van der Waals surface area contributed by atoms with E-state index < -0.39 is 6.04 Å². The number of halogens is 1. The topological polar surface area (TPSA) is 91.4 Å². The Balaban J connectivity index is 2.59. The molecule has 1 aromatic heterocycles. The number of nitrogens with zero attached hydrogens (tertiary/aromatic N) is 4. The van der Waals surface area contributed by atoms with Gasteiger partial charge in [0, 0.05) is 6.04 Å². The first-order valence-corrected chi connectivity index (χ1v) is 5.96. The molecule has 0 spiro atoms. The van der Waals surface area contributed by atoms with Gasteiger partial charge in [-0.25, -0.2) is 9.37 Å². The van der Waals surface area contributed by atoms with Gasteiger partial charge in [-0.05, 0) is 24.6 Å². The Kier molecular flexibility index (Phi) is 3.79. The Labute approximate surface area is 115 Å². The van der Waals surface area contributed by atoms with Crippen LogP contribution in [0.2, 0.25) is 0 Å². The molecule has 2 atom stereocenters. The van der Waals surface area contributed by atoms with E-state index in [0.29, 0.717) is 5.56 Å². The van der Waals surface area contributed by atoms with Gasteiger partial charge in [0.2, 0.25) is 0 Å². The maximum absolute atomic E-state index is 13.4. The highest BCUT2D eigenvalue weighted by Gasteiger charge is 2.23. The van der Waals surface area contributed by atoms with Crippen molar-refractivity contribution in [1.29, 1.82) is 10.5 Å². The Bertz CT molecular complexity index is 705. The van der Waals surface area contributed by atoms with Crippen LogP contribution >= 0.6 is 0 Å². The monoisotopic (exact) mass is 269 g/mol. The maximum Gasteiger partial charge on any atom is 0.176 e. The summed E-state index contributed by atoms with van der Waals surface area (Å²) in [6.07, 6.45) is 1.38. The minimum atomic E-state index is -0.463. The van der Waals surface area contributed by atoms with E-state index in [0.717, 1.165) is 0 Å². The summed E-state index contributed by atoms with van der Waals surface area (Å²) in [5, 5.41) is 18.1. The first-order valence-electron chi connectivity index (χ1n) is 5.96. The lowest BCUT2D eigenvalue weighted by Crippen LogP contribution is -2.30. The van der Waals surface area contributed by atoms with E-state index >= 15 is 0 Å². The molecule has 0 aliphatic heterocycles. The van der Waals surface area contributed by atoms with Crippen molar-refractivity contribution in [3.8, 4) is 12.1 Å². The van der Waals surface area contributed by atoms with Crippen molar-refractivity contribution in [3.05, 3.63) is 53.4 Å². The molecule has 0 saturated carbocycles. The number of imidazole rings is 1. The largest absolute Gasteiger partial charge is 0.326 e. The smallest absolute Gasteiger partial charge is 0.176 e. The lowest BCUT2D eigenvalue weighted by atomic mass is 10.0. The van der Waals surface area contributed by atoms with Gasteiger partial charge in [-0.1, -0.05) is 12.1 Å². The van der Waals surface area contributed by atoms with Crippen LogP contribution in [0, 0.1) is 28.5 Å². The molecular weight excluding hydrogens is 257 g/mol. The number of benzene rings is 1. The molecule has 2 N–H and O–H groups in total. The molecule has 0 radical (unpaired) electrons. The summed E-state index contributed by atoms with van der Waals surface area (Å²) in [7, 11) is 0. The standard InChI is InChI=1S/C14H12FN5/c1-9(18)14(10-3-2-4-11(15)5-10)20-8-19-12(6-16)13(20)7-17/h2-5,8-9,14H,18H2,1H3. The van der Waals surface area contributed by atoms with Crippen molar-refractivity contribution in [3.63, 3.8) is 0 Å². The lowest BCUT2D eigenvalue weighted by Gasteiger charge is -2.23. The lowest BCUT2D eigenvalue weighted by molar-refractivity contribution is 0.489. The van der Waals surface area contributed by atoms with Gasteiger partial charge in [-0.3, -0.25) is 0 Å². The number of nitriles is 2. The summed E-state index contributed by atoms with van der Waals surface area (Å²) >= 11 is 0. The number of aromatic nitrogens is 2. The van der Waals surface area contributed by atoms with Gasteiger partial charge in [0.05, 0.1) is 12.4 Å². The van der Waals surface area contributed by atoms with Crippen molar-refractivity contribution in [1.82, 2.24) is 9.55 Å². The molecule has 0 aliphatic carbocycles. The summed E-state index contributed by atoms with van der Waals surface area (Å²) in [6, 6.07) is 8.95. The minimum absolute atomic E-state index is 0.0366. The zero-order chi connectivity index (χ0) is 14.7. The molecule has 0 aliphatic rings. The highest BCUT2D eigenvalue weighted by atomic mass is 19.1. The van der Waals surface area contributed by atoms with E-state index in [1.54, 1.807) is 19.1 Å². The summed E-state index contributed by atoms with van der Waals surface area (Å²) in [5.74, 6) is -0.382. The van der Waals surface area contributed by atoms with Crippen LogP contribution in [0.25, 0.3) is 0 Å². The number of rotatable bonds is 3. The molecule has 20 heavy (non-hydrogen) atoms. The number of hydrogen-bond acceptors (Lipinski definition) is 4. The summed E-state index contributed by atoms with van der Waals surface area (Å²) in [5.41, 5.74) is 6.75. The fourth-order valence-corrected chi connectivity index (χ4v) is 2.17. The van der Waals surface area contributed by atoms with E-state index in [-0.39, 0.29) is 23.2 Å². The van der Waals surface area contributed by atoms with Crippen LogP contribution in [0.3, 0.4) is 0 Å². The highest BCUT2D eigenvalue weighted by molar-refractivity contribution is 5.38. The van der Waals surface area contributed by atoms with Crippen molar-refractivity contribution in [2.24, 2.45) is 5.73 Å². The molecule has 6 heteroatoms. The van der Waals surface area contributed by atoms with Crippen LogP contribution < -0.4 is 5.73 Å². The third-order valence-corrected chi connectivity index (χ3v) is 2.99. The highest BCUT2D eigenvalue weighted by Crippen LogP contribution is 2.24. The molecule has 2 rings (SSSR count). The van der Waals surface area contributed by atoms with Gasteiger partial charge in [0.25, 0.3) is 0 Å². The second-order valence-electron chi connectivity index (χ2n) is 4.43. The zero-order valence-electron chi connectivity index (χ0n) is 10.8. The molecule has 0 saturated heterocycles. The minimum Gasteiger partial charge on any atom is -0.326 e. The van der Waals surface area contributed by atoms with E-state index in [4.69, 9.17) is 11.0 Å². The van der Waals surface area contributed by atoms with Gasteiger partial charge >= 0.3 is 0 Å².